The van der Waals surface area contributed by atoms with Crippen molar-refractivity contribution >= 4 is 39.8 Å². The van der Waals surface area contributed by atoms with Crippen LogP contribution < -0.4 is 0 Å². The standard InChI is InChI=1S/C10H5ClIN3O/c11-9-4-7(8-2-1-3-16-8)14-10-6(12)5-13-15(9)10/h1-5H. The Kier molecular flexibility index (Phi) is 2.36. The Bertz CT molecular complexity index is 647. The molecule has 3 heterocycles. The second kappa shape index (κ2) is 3.74. The van der Waals surface area contributed by atoms with Gasteiger partial charge in [-0.1, -0.05) is 11.6 Å². The fraction of sp³-hybridized carbons (Fsp3) is 0. The van der Waals surface area contributed by atoms with E-state index in [-0.39, 0.29) is 0 Å². The number of hydrogen-bond acceptors (Lipinski definition) is 3. The van der Waals surface area contributed by atoms with Gasteiger partial charge in [-0.2, -0.15) is 5.10 Å². The van der Waals surface area contributed by atoms with Crippen molar-refractivity contribution in [2.24, 2.45) is 0 Å². The summed E-state index contributed by atoms with van der Waals surface area (Å²) in [7, 11) is 0. The van der Waals surface area contributed by atoms with Crippen LogP contribution in [-0.2, 0) is 0 Å². The lowest BCUT2D eigenvalue weighted by Crippen LogP contribution is -1.94. The van der Waals surface area contributed by atoms with Crippen LogP contribution in [0.15, 0.2) is 35.1 Å². The smallest absolute Gasteiger partial charge is 0.170 e. The van der Waals surface area contributed by atoms with Crippen LogP contribution in [0.1, 0.15) is 0 Å². The Morgan fingerprint density at radius 2 is 2.31 bits per heavy atom. The van der Waals surface area contributed by atoms with Crippen molar-refractivity contribution in [3.63, 3.8) is 0 Å². The van der Waals surface area contributed by atoms with Crippen LogP contribution in [0.4, 0.5) is 0 Å². The first-order chi connectivity index (χ1) is 7.75. The summed E-state index contributed by atoms with van der Waals surface area (Å²) in [5, 5.41) is 4.64. The third-order valence-electron chi connectivity index (χ3n) is 2.16. The summed E-state index contributed by atoms with van der Waals surface area (Å²) < 4.78 is 7.83. The first-order valence-electron chi connectivity index (χ1n) is 4.49. The molecule has 0 amide bonds. The summed E-state index contributed by atoms with van der Waals surface area (Å²) >= 11 is 8.28. The Morgan fingerprint density at radius 3 is 3.06 bits per heavy atom. The minimum Gasteiger partial charge on any atom is -0.463 e. The molecule has 16 heavy (non-hydrogen) atoms. The number of halogens is 2. The molecule has 0 aromatic carbocycles. The summed E-state index contributed by atoms with van der Waals surface area (Å²) in [5.41, 5.74) is 1.44. The summed E-state index contributed by atoms with van der Waals surface area (Å²) in [6, 6.07) is 5.39. The predicted molar refractivity (Wildman–Crippen MR) is 68.4 cm³/mol. The lowest BCUT2D eigenvalue weighted by molar-refractivity contribution is 0.580. The molecular formula is C10H5ClIN3O. The van der Waals surface area contributed by atoms with E-state index in [1.54, 1.807) is 23.0 Å². The fourth-order valence-corrected chi connectivity index (χ4v) is 2.15. The van der Waals surface area contributed by atoms with Crippen molar-refractivity contribution in [1.29, 1.82) is 0 Å². The highest BCUT2D eigenvalue weighted by atomic mass is 127. The predicted octanol–water partition coefficient (Wildman–Crippen LogP) is 3.25. The number of aromatic nitrogens is 3. The Labute approximate surface area is 109 Å². The molecule has 0 bridgehead atoms. The van der Waals surface area contributed by atoms with Crippen LogP contribution in [0.2, 0.25) is 5.15 Å². The molecule has 0 aliphatic rings. The molecule has 80 valence electrons. The average molecular weight is 346 g/mol. The molecule has 0 saturated carbocycles. The van der Waals surface area contributed by atoms with E-state index >= 15 is 0 Å². The lowest BCUT2D eigenvalue weighted by atomic mass is 10.3. The van der Waals surface area contributed by atoms with E-state index in [4.69, 9.17) is 16.0 Å². The second-order valence-electron chi connectivity index (χ2n) is 3.17. The normalized spacial score (nSPS) is 11.1. The first kappa shape index (κ1) is 10.1. The fourth-order valence-electron chi connectivity index (χ4n) is 1.45. The van der Waals surface area contributed by atoms with E-state index in [9.17, 15) is 0 Å². The highest BCUT2D eigenvalue weighted by molar-refractivity contribution is 14.1. The summed E-state index contributed by atoms with van der Waals surface area (Å²) in [6.07, 6.45) is 3.33. The Morgan fingerprint density at radius 1 is 1.44 bits per heavy atom. The van der Waals surface area contributed by atoms with Gasteiger partial charge in [0.15, 0.2) is 11.4 Å². The Balaban J connectivity index is 2.32. The largest absolute Gasteiger partial charge is 0.463 e. The van der Waals surface area contributed by atoms with Crippen LogP contribution in [0.5, 0.6) is 0 Å². The van der Waals surface area contributed by atoms with E-state index in [1.165, 1.54) is 0 Å². The molecule has 4 nitrogen and oxygen atoms in total. The maximum absolute atomic E-state index is 6.11. The van der Waals surface area contributed by atoms with E-state index in [0.717, 1.165) is 9.22 Å². The maximum atomic E-state index is 6.11. The van der Waals surface area contributed by atoms with Crippen LogP contribution >= 0.6 is 34.2 Å². The molecule has 6 heteroatoms. The summed E-state index contributed by atoms with van der Waals surface area (Å²) in [5.74, 6) is 0.696. The van der Waals surface area contributed by atoms with E-state index in [1.807, 2.05) is 12.1 Å². The molecule has 0 spiro atoms. The Hall–Kier alpha value is -1.08. The minimum absolute atomic E-state index is 0.513. The van der Waals surface area contributed by atoms with Gasteiger partial charge >= 0.3 is 0 Å². The highest BCUT2D eigenvalue weighted by Gasteiger charge is 2.11. The minimum atomic E-state index is 0.513. The lowest BCUT2D eigenvalue weighted by Gasteiger charge is -2.00. The maximum Gasteiger partial charge on any atom is 0.170 e. The molecule has 0 radical (unpaired) electrons. The zero-order chi connectivity index (χ0) is 11.1. The zero-order valence-corrected chi connectivity index (χ0v) is 10.8. The molecule has 0 fully saturated rings. The molecular weight excluding hydrogens is 340 g/mol. The highest BCUT2D eigenvalue weighted by Crippen LogP contribution is 2.24. The number of furan rings is 1. The van der Waals surface area contributed by atoms with Crippen molar-refractivity contribution in [2.45, 2.75) is 0 Å². The van der Waals surface area contributed by atoms with Gasteiger partial charge in [0, 0.05) is 6.07 Å². The van der Waals surface area contributed by atoms with Gasteiger partial charge in [0.25, 0.3) is 0 Å². The van der Waals surface area contributed by atoms with Crippen LogP contribution in [0.25, 0.3) is 17.1 Å². The number of hydrogen-bond donors (Lipinski definition) is 0. The van der Waals surface area contributed by atoms with Gasteiger partial charge in [-0.05, 0) is 34.7 Å². The molecule has 3 aromatic heterocycles. The summed E-state index contributed by atoms with van der Waals surface area (Å²) in [4.78, 5) is 4.45. The number of rotatable bonds is 1. The third kappa shape index (κ3) is 1.51. The molecule has 0 aliphatic heterocycles. The molecule has 3 rings (SSSR count). The van der Waals surface area contributed by atoms with Crippen LogP contribution in [-0.4, -0.2) is 14.6 Å². The third-order valence-corrected chi connectivity index (χ3v) is 3.19. The van der Waals surface area contributed by atoms with E-state index < -0.39 is 0 Å². The molecule has 0 N–H and O–H groups in total. The molecule has 0 atom stereocenters. The van der Waals surface area contributed by atoms with Crippen molar-refractivity contribution in [2.75, 3.05) is 0 Å². The molecule has 0 unspecified atom stereocenters. The quantitative estimate of drug-likeness (QED) is 0.502. The SMILES string of the molecule is Clc1cc(-c2ccco2)nc2c(I)cnn12. The monoisotopic (exact) mass is 345 g/mol. The first-order valence-corrected chi connectivity index (χ1v) is 5.95. The van der Waals surface area contributed by atoms with Gasteiger partial charge in [-0.15, -0.1) is 0 Å². The van der Waals surface area contributed by atoms with Gasteiger partial charge < -0.3 is 4.42 Å². The average Bonchev–Trinajstić information content (AvgIpc) is 2.88. The van der Waals surface area contributed by atoms with Crippen molar-refractivity contribution in [3.05, 3.63) is 39.4 Å². The zero-order valence-electron chi connectivity index (χ0n) is 7.89. The molecule has 3 aromatic rings. The van der Waals surface area contributed by atoms with Crippen molar-refractivity contribution in [3.8, 4) is 11.5 Å². The van der Waals surface area contributed by atoms with Gasteiger partial charge in [-0.25, -0.2) is 9.50 Å². The van der Waals surface area contributed by atoms with E-state index in [2.05, 4.69) is 32.7 Å². The van der Waals surface area contributed by atoms with E-state index in [0.29, 0.717) is 16.6 Å². The van der Waals surface area contributed by atoms with Gasteiger partial charge in [-0.3, -0.25) is 0 Å². The van der Waals surface area contributed by atoms with Crippen LogP contribution in [0.3, 0.4) is 0 Å². The van der Waals surface area contributed by atoms with Gasteiger partial charge in [0.1, 0.15) is 10.8 Å². The molecule has 0 saturated heterocycles. The number of nitrogens with zero attached hydrogens (tertiary/aromatic N) is 3. The van der Waals surface area contributed by atoms with Crippen LogP contribution in [0, 0.1) is 3.57 Å². The van der Waals surface area contributed by atoms with Crippen molar-refractivity contribution < 1.29 is 4.42 Å². The topological polar surface area (TPSA) is 43.3 Å². The second-order valence-corrected chi connectivity index (χ2v) is 4.72. The molecule has 0 aliphatic carbocycles. The van der Waals surface area contributed by atoms with Gasteiger partial charge in [0.05, 0.1) is 16.0 Å². The summed E-state index contributed by atoms with van der Waals surface area (Å²) in [6.45, 7) is 0. The van der Waals surface area contributed by atoms with Crippen molar-refractivity contribution in [1.82, 2.24) is 14.6 Å². The van der Waals surface area contributed by atoms with Gasteiger partial charge in [0.2, 0.25) is 0 Å². The number of fused-ring (bicyclic) bond motifs is 1.